The number of esters is 2. The number of fused-ring (bicyclic) bond motifs is 1. The van der Waals surface area contributed by atoms with E-state index in [0.29, 0.717) is 5.52 Å². The average Bonchev–Trinajstić information content (AvgIpc) is 3.24. The number of aromatic nitrogens is 2. The lowest BCUT2D eigenvalue weighted by Crippen LogP contribution is -2.15. The van der Waals surface area contributed by atoms with Crippen LogP contribution in [0.1, 0.15) is 25.6 Å². The minimum atomic E-state index is -4.11. The highest BCUT2D eigenvalue weighted by atomic mass is 32.2. The van der Waals surface area contributed by atoms with Crippen molar-refractivity contribution in [3.8, 4) is 0 Å². The maximum atomic E-state index is 12.9. The molecule has 27 heavy (non-hydrogen) atoms. The molecular formula is C15H13N3O6S3. The topological polar surface area (TPSA) is 125 Å². The second kappa shape index (κ2) is 7.21. The van der Waals surface area contributed by atoms with Crippen LogP contribution < -0.4 is 4.72 Å². The molecular weight excluding hydrogens is 414 g/mol. The molecule has 3 rings (SSSR count). The van der Waals surface area contributed by atoms with Crippen LogP contribution in [0.4, 0.5) is 5.00 Å². The Kier molecular flexibility index (Phi) is 5.13. The lowest BCUT2D eigenvalue weighted by atomic mass is 10.1. The first-order valence-corrected chi connectivity index (χ1v) is 10.4. The van der Waals surface area contributed by atoms with Crippen molar-refractivity contribution in [2.24, 2.45) is 0 Å². The molecule has 1 N–H and O–H groups in total. The summed E-state index contributed by atoms with van der Waals surface area (Å²) in [4.78, 5) is 24.1. The molecule has 9 nitrogen and oxygen atoms in total. The van der Waals surface area contributed by atoms with Crippen molar-refractivity contribution in [3.05, 3.63) is 34.2 Å². The van der Waals surface area contributed by atoms with E-state index in [9.17, 15) is 18.0 Å². The van der Waals surface area contributed by atoms with E-state index in [4.69, 9.17) is 4.74 Å². The molecule has 1 aromatic carbocycles. The van der Waals surface area contributed by atoms with Crippen LogP contribution in [0.2, 0.25) is 0 Å². The maximum Gasteiger partial charge on any atom is 0.348 e. The first kappa shape index (κ1) is 19.2. The third-order valence-corrected chi connectivity index (χ3v) is 6.91. The van der Waals surface area contributed by atoms with E-state index >= 15 is 0 Å². The lowest BCUT2D eigenvalue weighted by Gasteiger charge is -2.08. The van der Waals surface area contributed by atoms with Crippen molar-refractivity contribution in [2.45, 2.75) is 11.8 Å². The predicted octanol–water partition coefficient (Wildman–Crippen LogP) is 2.44. The predicted molar refractivity (Wildman–Crippen MR) is 100.0 cm³/mol. The van der Waals surface area contributed by atoms with Crippen molar-refractivity contribution in [3.63, 3.8) is 0 Å². The van der Waals surface area contributed by atoms with Gasteiger partial charge in [0.05, 0.1) is 31.5 Å². The molecule has 0 fully saturated rings. The van der Waals surface area contributed by atoms with E-state index in [1.807, 2.05) is 0 Å². The number of nitrogens with zero attached hydrogens (tertiary/aromatic N) is 2. The molecule has 3 aromatic rings. The van der Waals surface area contributed by atoms with Gasteiger partial charge in [-0.3, -0.25) is 4.72 Å². The molecule has 0 saturated carbocycles. The highest BCUT2D eigenvalue weighted by Crippen LogP contribution is 2.36. The Hall–Kier alpha value is -2.57. The summed E-state index contributed by atoms with van der Waals surface area (Å²) in [6.07, 6.45) is 0. The fourth-order valence-corrected chi connectivity index (χ4v) is 5.58. The van der Waals surface area contributed by atoms with Gasteiger partial charge in [-0.2, -0.15) is 8.75 Å². The van der Waals surface area contributed by atoms with E-state index in [1.54, 1.807) is 12.1 Å². The summed E-state index contributed by atoms with van der Waals surface area (Å²) in [5.74, 6) is -1.45. The largest absolute Gasteiger partial charge is 0.465 e. The monoisotopic (exact) mass is 427 g/mol. The Morgan fingerprint density at radius 2 is 1.81 bits per heavy atom. The zero-order valence-corrected chi connectivity index (χ0v) is 16.8. The van der Waals surface area contributed by atoms with Crippen LogP contribution in [0, 0.1) is 6.92 Å². The molecule has 2 heterocycles. The molecule has 2 aromatic heterocycles. The van der Waals surface area contributed by atoms with Crippen LogP contribution in [0.15, 0.2) is 23.1 Å². The summed E-state index contributed by atoms with van der Waals surface area (Å²) in [5.41, 5.74) is 0.879. The molecule has 142 valence electrons. The van der Waals surface area contributed by atoms with Crippen LogP contribution in [0.5, 0.6) is 0 Å². The number of hydrogen-bond acceptors (Lipinski definition) is 10. The zero-order valence-electron chi connectivity index (χ0n) is 14.3. The van der Waals surface area contributed by atoms with Gasteiger partial charge in [0.2, 0.25) is 0 Å². The van der Waals surface area contributed by atoms with Crippen LogP contribution >= 0.6 is 23.1 Å². The summed E-state index contributed by atoms with van der Waals surface area (Å²) in [5, 5.41) is -0.0417. The Balaban J connectivity index is 2.12. The van der Waals surface area contributed by atoms with Crippen molar-refractivity contribution in [2.75, 3.05) is 18.9 Å². The number of ether oxygens (including phenoxy) is 2. The molecule has 0 radical (unpaired) electrons. The number of sulfonamides is 1. The Morgan fingerprint density at radius 1 is 1.11 bits per heavy atom. The van der Waals surface area contributed by atoms with Gasteiger partial charge in [0.15, 0.2) is 0 Å². The number of hydrogen-bond donors (Lipinski definition) is 1. The average molecular weight is 427 g/mol. The molecule has 0 aliphatic carbocycles. The number of carbonyl (C=O) groups is 2. The van der Waals surface area contributed by atoms with Crippen molar-refractivity contribution in [1.29, 1.82) is 0 Å². The molecule has 12 heteroatoms. The Labute approximate surface area is 162 Å². The summed E-state index contributed by atoms with van der Waals surface area (Å²) in [6.45, 7) is 1.51. The van der Waals surface area contributed by atoms with Crippen molar-refractivity contribution in [1.82, 2.24) is 8.75 Å². The summed E-state index contributed by atoms with van der Waals surface area (Å²) < 4.78 is 45.6. The van der Waals surface area contributed by atoms with Gasteiger partial charge in [0.25, 0.3) is 10.0 Å². The fourth-order valence-electron chi connectivity index (χ4n) is 2.40. The second-order valence-electron chi connectivity index (χ2n) is 5.24. The van der Waals surface area contributed by atoms with Gasteiger partial charge in [-0.05, 0) is 24.6 Å². The Morgan fingerprint density at radius 3 is 2.48 bits per heavy atom. The van der Waals surface area contributed by atoms with E-state index in [1.165, 1.54) is 20.1 Å². The molecule has 0 aliphatic rings. The number of benzene rings is 1. The number of rotatable bonds is 5. The molecule has 0 spiro atoms. The molecule has 0 atom stereocenters. The van der Waals surface area contributed by atoms with E-state index in [-0.39, 0.29) is 31.4 Å². The van der Waals surface area contributed by atoms with Gasteiger partial charge in [0, 0.05) is 0 Å². The number of methoxy groups -OCH3 is 2. The molecule has 0 unspecified atom stereocenters. The quantitative estimate of drug-likeness (QED) is 0.616. The number of anilines is 1. The van der Waals surface area contributed by atoms with Crippen molar-refractivity contribution >= 4 is 61.1 Å². The SMILES string of the molecule is COC(=O)c1sc(NS(=O)(=O)c2cccc3nsnc23)c(C(=O)OC)c1C. The van der Waals surface area contributed by atoms with Crippen molar-refractivity contribution < 1.29 is 27.5 Å². The lowest BCUT2D eigenvalue weighted by molar-refractivity contribution is 0.0601. The highest BCUT2D eigenvalue weighted by Gasteiger charge is 2.29. The zero-order chi connectivity index (χ0) is 19.8. The standard InChI is InChI=1S/C15H13N3O6S3/c1-7-10(14(19)23-2)13(25-12(7)15(20)24-3)18-27(21,22)9-6-4-5-8-11(9)17-26-16-8/h4-6,18H,1-3H3. The van der Waals surface area contributed by atoms with Gasteiger partial charge in [-0.15, -0.1) is 11.3 Å². The highest BCUT2D eigenvalue weighted by molar-refractivity contribution is 7.93. The molecule has 0 aliphatic heterocycles. The van der Waals surface area contributed by atoms with E-state index in [2.05, 4.69) is 18.2 Å². The Bertz CT molecular complexity index is 1150. The van der Waals surface area contributed by atoms with Gasteiger partial charge >= 0.3 is 11.9 Å². The smallest absolute Gasteiger partial charge is 0.348 e. The van der Waals surface area contributed by atoms with Gasteiger partial charge < -0.3 is 9.47 Å². The van der Waals surface area contributed by atoms with Gasteiger partial charge in [-0.1, -0.05) is 6.07 Å². The third-order valence-electron chi connectivity index (χ3n) is 3.67. The number of thiophene rings is 1. The number of nitrogens with one attached hydrogen (secondary N) is 1. The minimum Gasteiger partial charge on any atom is -0.465 e. The summed E-state index contributed by atoms with van der Waals surface area (Å²) >= 11 is 1.68. The molecule has 0 saturated heterocycles. The van der Waals surface area contributed by atoms with Gasteiger partial charge in [0.1, 0.15) is 25.8 Å². The molecule has 0 amide bonds. The summed E-state index contributed by atoms with van der Waals surface area (Å²) in [7, 11) is -1.75. The minimum absolute atomic E-state index is 0.0417. The van der Waals surface area contributed by atoms with Crippen LogP contribution in [0.3, 0.4) is 0 Å². The van der Waals surface area contributed by atoms with Crippen LogP contribution in [0.25, 0.3) is 11.0 Å². The van der Waals surface area contributed by atoms with E-state index in [0.717, 1.165) is 30.2 Å². The third kappa shape index (κ3) is 3.38. The normalized spacial score (nSPS) is 11.4. The number of carbonyl (C=O) groups excluding carboxylic acids is 2. The summed E-state index contributed by atoms with van der Waals surface area (Å²) in [6, 6.07) is 4.56. The second-order valence-corrected chi connectivity index (χ2v) is 8.44. The fraction of sp³-hybridized carbons (Fsp3) is 0.200. The van der Waals surface area contributed by atoms with Crippen LogP contribution in [-0.4, -0.2) is 43.3 Å². The maximum absolute atomic E-state index is 12.9. The first-order chi connectivity index (χ1) is 12.8. The molecule has 0 bridgehead atoms. The van der Waals surface area contributed by atoms with Gasteiger partial charge in [-0.25, -0.2) is 18.0 Å². The van der Waals surface area contributed by atoms with Crippen LogP contribution in [-0.2, 0) is 19.5 Å². The first-order valence-electron chi connectivity index (χ1n) is 7.34. The van der Waals surface area contributed by atoms with E-state index < -0.39 is 22.0 Å².